The number of anilines is 1. The van der Waals surface area contributed by atoms with E-state index in [0.29, 0.717) is 48.0 Å². The third kappa shape index (κ3) is 6.04. The van der Waals surface area contributed by atoms with Crippen LogP contribution in [0.4, 0.5) is 10.2 Å². The average molecular weight is 433 g/mol. The van der Waals surface area contributed by atoms with E-state index in [-0.39, 0.29) is 5.91 Å². The Hall–Kier alpha value is -3.94. The number of nitrogens with zero attached hydrogens (tertiary/aromatic N) is 4. The van der Waals surface area contributed by atoms with Crippen molar-refractivity contribution in [1.82, 2.24) is 19.9 Å². The number of rotatable bonds is 9. The van der Waals surface area contributed by atoms with Gasteiger partial charge in [0.2, 0.25) is 0 Å². The smallest absolute Gasteiger partial charge is 0.254 e. The van der Waals surface area contributed by atoms with Crippen LogP contribution in [0.3, 0.4) is 0 Å². The fourth-order valence-corrected chi connectivity index (χ4v) is 3.07. The molecule has 0 atom stereocenters. The fraction of sp³-hybridized carbons (Fsp3) is 0.208. The first-order valence-corrected chi connectivity index (χ1v) is 10.3. The number of allylic oxidation sites excluding steroid dienone is 1. The Morgan fingerprint density at radius 1 is 1.19 bits per heavy atom. The first-order valence-electron chi connectivity index (χ1n) is 10.3. The van der Waals surface area contributed by atoms with Gasteiger partial charge in [-0.3, -0.25) is 4.79 Å². The Bertz CT molecular complexity index is 1100. The minimum atomic E-state index is -0.410. The molecule has 2 heterocycles. The standard InChI is InChI=1S/C24H25FN6O/c1-3-31(14-10-19(26)9-13-27-22-8-6-18(25)16-30-22)24(32)21-15-17(2)5-7-20(21)23-28-11-4-12-29-23/h4-9,11-13,15-16,26H,3,10,14H2,1-2H3,(H,27,30)/b13-9-,26-19?. The molecule has 1 aromatic carbocycles. The molecule has 32 heavy (non-hydrogen) atoms. The molecule has 3 aromatic rings. The summed E-state index contributed by atoms with van der Waals surface area (Å²) in [6, 6.07) is 10.2. The summed E-state index contributed by atoms with van der Waals surface area (Å²) in [4.78, 5) is 27.5. The van der Waals surface area contributed by atoms with Gasteiger partial charge in [-0.05, 0) is 44.2 Å². The van der Waals surface area contributed by atoms with Crippen molar-refractivity contribution in [1.29, 1.82) is 5.41 Å². The monoisotopic (exact) mass is 432 g/mol. The number of aryl methyl sites for hydroxylation is 1. The molecule has 2 N–H and O–H groups in total. The number of carbonyl (C=O) groups is 1. The molecule has 164 valence electrons. The summed E-state index contributed by atoms with van der Waals surface area (Å²) < 4.78 is 12.9. The van der Waals surface area contributed by atoms with Gasteiger partial charge in [0.05, 0.1) is 11.8 Å². The zero-order valence-corrected chi connectivity index (χ0v) is 18.0. The largest absolute Gasteiger partial charge is 0.347 e. The van der Waals surface area contributed by atoms with Crippen molar-refractivity contribution >= 4 is 17.4 Å². The van der Waals surface area contributed by atoms with Crippen molar-refractivity contribution in [2.45, 2.75) is 20.3 Å². The third-order valence-corrected chi connectivity index (χ3v) is 4.78. The van der Waals surface area contributed by atoms with Crippen LogP contribution in [0.2, 0.25) is 0 Å². The second-order valence-electron chi connectivity index (χ2n) is 7.12. The molecule has 0 fully saturated rings. The zero-order valence-electron chi connectivity index (χ0n) is 18.0. The molecular weight excluding hydrogens is 407 g/mol. The number of nitrogens with one attached hydrogen (secondary N) is 2. The number of hydrogen-bond acceptors (Lipinski definition) is 6. The van der Waals surface area contributed by atoms with E-state index in [1.165, 1.54) is 12.1 Å². The van der Waals surface area contributed by atoms with Crippen LogP contribution in [0.15, 0.2) is 67.3 Å². The summed E-state index contributed by atoms with van der Waals surface area (Å²) in [5.74, 6) is 0.454. The quantitative estimate of drug-likeness (QED) is 0.486. The number of pyridine rings is 1. The number of aromatic nitrogens is 3. The van der Waals surface area contributed by atoms with Crippen molar-refractivity contribution < 1.29 is 9.18 Å². The van der Waals surface area contributed by atoms with Crippen LogP contribution >= 0.6 is 0 Å². The van der Waals surface area contributed by atoms with E-state index in [1.54, 1.807) is 35.6 Å². The molecule has 0 radical (unpaired) electrons. The van der Waals surface area contributed by atoms with Gasteiger partial charge in [0.25, 0.3) is 5.91 Å². The van der Waals surface area contributed by atoms with Crippen molar-refractivity contribution in [3.63, 3.8) is 0 Å². The van der Waals surface area contributed by atoms with E-state index < -0.39 is 5.82 Å². The number of carbonyl (C=O) groups excluding carboxylic acids is 1. The van der Waals surface area contributed by atoms with Crippen LogP contribution in [0, 0.1) is 18.2 Å². The normalized spacial score (nSPS) is 10.8. The van der Waals surface area contributed by atoms with Crippen molar-refractivity contribution in [3.05, 3.63) is 84.2 Å². The SMILES string of the molecule is CCN(CCC(=N)/C=C\Nc1ccc(F)cn1)C(=O)c1cc(C)ccc1-c1ncccn1. The van der Waals surface area contributed by atoms with Crippen molar-refractivity contribution in [3.8, 4) is 11.4 Å². The summed E-state index contributed by atoms with van der Waals surface area (Å²) in [5.41, 5.74) is 2.55. The van der Waals surface area contributed by atoms with Gasteiger partial charge in [0.15, 0.2) is 5.82 Å². The highest BCUT2D eigenvalue weighted by Gasteiger charge is 2.20. The van der Waals surface area contributed by atoms with Crippen molar-refractivity contribution in [2.24, 2.45) is 0 Å². The number of halogens is 1. The molecule has 7 nitrogen and oxygen atoms in total. The van der Waals surface area contributed by atoms with E-state index in [0.717, 1.165) is 11.8 Å². The molecule has 0 aliphatic carbocycles. The van der Waals surface area contributed by atoms with Gasteiger partial charge >= 0.3 is 0 Å². The first kappa shape index (κ1) is 22.7. The Morgan fingerprint density at radius 2 is 1.97 bits per heavy atom. The minimum absolute atomic E-state index is 0.121. The number of benzene rings is 1. The molecule has 0 saturated heterocycles. The van der Waals surface area contributed by atoms with Crippen LogP contribution in [0.1, 0.15) is 29.3 Å². The molecule has 3 rings (SSSR count). The highest BCUT2D eigenvalue weighted by molar-refractivity contribution is 6.01. The summed E-state index contributed by atoms with van der Waals surface area (Å²) in [6.07, 6.45) is 7.98. The zero-order chi connectivity index (χ0) is 22.9. The topological polar surface area (TPSA) is 94.9 Å². The summed E-state index contributed by atoms with van der Waals surface area (Å²) in [5, 5.41) is 11.0. The van der Waals surface area contributed by atoms with Crippen LogP contribution < -0.4 is 5.32 Å². The van der Waals surface area contributed by atoms with Gasteiger partial charge in [0, 0.05) is 49.4 Å². The molecule has 0 bridgehead atoms. The second kappa shape index (κ2) is 10.9. The highest BCUT2D eigenvalue weighted by Crippen LogP contribution is 2.23. The van der Waals surface area contributed by atoms with Gasteiger partial charge in [-0.1, -0.05) is 17.7 Å². The molecule has 0 saturated carbocycles. The van der Waals surface area contributed by atoms with Crippen LogP contribution in [0.25, 0.3) is 11.4 Å². The maximum absolute atomic E-state index is 13.3. The fourth-order valence-electron chi connectivity index (χ4n) is 3.07. The second-order valence-corrected chi connectivity index (χ2v) is 7.12. The molecule has 0 aliphatic rings. The number of amides is 1. The Labute approximate surface area is 186 Å². The molecule has 8 heteroatoms. The Balaban J connectivity index is 1.65. The van der Waals surface area contributed by atoms with Crippen LogP contribution in [-0.2, 0) is 0 Å². The van der Waals surface area contributed by atoms with E-state index in [1.807, 2.05) is 32.0 Å². The highest BCUT2D eigenvalue weighted by atomic mass is 19.1. The maximum Gasteiger partial charge on any atom is 0.254 e. The number of hydrogen-bond donors (Lipinski definition) is 2. The third-order valence-electron chi connectivity index (χ3n) is 4.78. The van der Waals surface area contributed by atoms with Crippen LogP contribution in [-0.4, -0.2) is 44.6 Å². The van der Waals surface area contributed by atoms with E-state index in [9.17, 15) is 9.18 Å². The summed E-state index contributed by atoms with van der Waals surface area (Å²) in [7, 11) is 0. The Kier molecular flexibility index (Phi) is 7.75. The predicted molar refractivity (Wildman–Crippen MR) is 123 cm³/mol. The minimum Gasteiger partial charge on any atom is -0.347 e. The van der Waals surface area contributed by atoms with Gasteiger partial charge in [-0.25, -0.2) is 19.3 Å². The molecule has 0 spiro atoms. The van der Waals surface area contributed by atoms with E-state index in [2.05, 4.69) is 20.3 Å². The maximum atomic E-state index is 13.3. The molecular formula is C24H25FN6O. The summed E-state index contributed by atoms with van der Waals surface area (Å²) >= 11 is 0. The van der Waals surface area contributed by atoms with Gasteiger partial charge < -0.3 is 15.6 Å². The average Bonchev–Trinajstić information content (AvgIpc) is 2.81. The van der Waals surface area contributed by atoms with Gasteiger partial charge in [-0.2, -0.15) is 0 Å². The lowest BCUT2D eigenvalue weighted by Gasteiger charge is -2.22. The first-order chi connectivity index (χ1) is 15.5. The molecule has 0 aliphatic heterocycles. The predicted octanol–water partition coefficient (Wildman–Crippen LogP) is 4.48. The molecule has 2 aromatic heterocycles. The lowest BCUT2D eigenvalue weighted by Crippen LogP contribution is -2.33. The lowest BCUT2D eigenvalue weighted by molar-refractivity contribution is 0.0769. The Morgan fingerprint density at radius 3 is 2.66 bits per heavy atom. The van der Waals surface area contributed by atoms with E-state index >= 15 is 0 Å². The van der Waals surface area contributed by atoms with Gasteiger partial charge in [0.1, 0.15) is 11.6 Å². The van der Waals surface area contributed by atoms with Gasteiger partial charge in [-0.15, -0.1) is 0 Å². The van der Waals surface area contributed by atoms with Crippen LogP contribution in [0.5, 0.6) is 0 Å². The van der Waals surface area contributed by atoms with Crippen molar-refractivity contribution in [2.75, 3.05) is 18.4 Å². The molecule has 1 amide bonds. The summed E-state index contributed by atoms with van der Waals surface area (Å²) in [6.45, 7) is 4.76. The molecule has 0 unspecified atom stereocenters. The van der Waals surface area contributed by atoms with E-state index in [4.69, 9.17) is 5.41 Å². The lowest BCUT2D eigenvalue weighted by atomic mass is 10.0.